The summed E-state index contributed by atoms with van der Waals surface area (Å²) in [5, 5.41) is 353. The fourth-order valence-electron chi connectivity index (χ4n) is 17.4. The first-order valence-electron chi connectivity index (χ1n) is 44.1. The van der Waals surface area contributed by atoms with Crippen LogP contribution in [-0.2, 0) is 109 Å². The van der Waals surface area contributed by atoms with Crippen LogP contribution in [0, 0.1) is 23.7 Å². The van der Waals surface area contributed by atoms with Crippen LogP contribution in [0.1, 0.15) is 54.4 Å². The Morgan fingerprint density at radius 3 is 1.13 bits per heavy atom. The summed E-state index contributed by atoms with van der Waals surface area (Å²) in [4.78, 5) is 25.7. The van der Waals surface area contributed by atoms with Crippen molar-refractivity contribution in [3.63, 3.8) is 0 Å². The van der Waals surface area contributed by atoms with E-state index in [0.29, 0.717) is 0 Å². The van der Waals surface area contributed by atoms with Gasteiger partial charge >= 0.3 is 11.9 Å². The minimum atomic E-state index is -2.97. The monoisotopic (exact) mass is 1980 g/mol. The van der Waals surface area contributed by atoms with Crippen molar-refractivity contribution in [2.24, 2.45) is 35.1 Å². The summed E-state index contributed by atoms with van der Waals surface area (Å²) in [6.45, 7) is -3.90. The maximum atomic E-state index is 12.8. The summed E-state index contributed by atoms with van der Waals surface area (Å²) in [6, 6.07) is -3.17. The van der Waals surface area contributed by atoms with Gasteiger partial charge in [0.05, 0.1) is 134 Å². The summed E-state index contributed by atoms with van der Waals surface area (Å²) < 4.78 is 126. The summed E-state index contributed by atoms with van der Waals surface area (Å²) in [5.41, 5.74) is 11.9. The standard InChI is InChI=1S/C78H136N2O55/c1-21(9-81)67(128-59-34(15-87)118-25(5)22(2)42(59)94)120-31(12-84)26(6)119-72-58(110)64(131-74-66(55(107)48(100)33(14-86)122-74)133-69-24(4)44(96)61(36(17-89)124-69)130-71-57(109)53(105)50(102)39(127-71)20-117-78(76(113)114)8-28(91)41(80)63(135-78)46(98)30(93)11-83)51(103)37(125-72)18-115-73-65(54(106)47(99)32(13-85)121-73)132-68-23(3)43(95)60(35(16-88)123-68)129-70-56(108)52(104)49(101)38(126-70)19-116-77(75(111)112)7-27(90)40(79)62(134-77)45(97)29(92)10-82/h21-74,81-110H,7-20,79-80H2,1-6H3,(H,111,112)(H,113,114)/t21-,22+,23?,24-,25-,26-,27+,28+,29?,30?,31?,32?,33+,34?,35-,36?,37?,38?,39?,40+,41+,42?,43?,44?,45+,46+,47+,48+,49-,50-,51+,52?,53?,54?,55?,56-,57-,58+,59+,60+,61+,62?,63?,64?,65+,66?,67-,68-,69-,70-,71-,72+,73-,74+,77+,78+/m0/s1. The number of carbonyl (C=O) groups is 2. The molecule has 0 aliphatic carbocycles. The number of nitrogens with two attached hydrogens (primary N) is 2. The molecule has 0 amide bonds. The fraction of sp³-hybridized carbons (Fsp3) is 0.974. The quantitative estimate of drug-likeness (QED) is 0.0252. The molecule has 788 valence electrons. The van der Waals surface area contributed by atoms with Gasteiger partial charge in [0, 0.05) is 36.5 Å². The average molecular weight is 1980 g/mol. The lowest BCUT2D eigenvalue weighted by atomic mass is 9.88. The lowest BCUT2D eigenvalue weighted by molar-refractivity contribution is -0.398. The molecule has 10 aliphatic heterocycles. The first kappa shape index (κ1) is 114. The van der Waals surface area contributed by atoms with E-state index in [4.69, 9.17) is 111 Å². The van der Waals surface area contributed by atoms with Gasteiger partial charge in [0.25, 0.3) is 11.6 Å². The van der Waals surface area contributed by atoms with Crippen LogP contribution >= 0.6 is 0 Å². The van der Waals surface area contributed by atoms with Crippen molar-refractivity contribution in [1.82, 2.24) is 0 Å². The Bertz CT molecular complexity index is 3570. The van der Waals surface area contributed by atoms with Gasteiger partial charge in [-0.25, -0.2) is 9.59 Å². The summed E-state index contributed by atoms with van der Waals surface area (Å²) in [5.74, 6) is -14.4. The minimum Gasteiger partial charge on any atom is -0.477 e. The highest BCUT2D eigenvalue weighted by atomic mass is 16.8. The number of ether oxygens (including phenoxy) is 21. The Labute approximate surface area is 769 Å². The average Bonchev–Trinajstić information content (AvgIpc) is 0.774. The first-order chi connectivity index (χ1) is 63.6. The second kappa shape index (κ2) is 49.1. The molecule has 10 saturated heterocycles. The van der Waals surface area contributed by atoms with Crippen LogP contribution in [0.2, 0.25) is 0 Å². The number of aliphatic hydroxyl groups excluding tert-OH is 30. The summed E-state index contributed by atoms with van der Waals surface area (Å²) in [6.07, 6.45) is -96.1. The molecule has 10 aliphatic rings. The molecule has 0 saturated carbocycles. The van der Waals surface area contributed by atoms with E-state index in [0.717, 1.165) is 0 Å². The van der Waals surface area contributed by atoms with E-state index >= 15 is 0 Å². The van der Waals surface area contributed by atoms with E-state index in [1.54, 1.807) is 13.8 Å². The van der Waals surface area contributed by atoms with Crippen LogP contribution in [0.4, 0.5) is 0 Å². The van der Waals surface area contributed by atoms with Gasteiger partial charge in [-0.15, -0.1) is 0 Å². The van der Waals surface area contributed by atoms with E-state index in [9.17, 15) is 173 Å². The Balaban J connectivity index is 0.891. The number of aliphatic carboxylic acids is 2. The maximum absolute atomic E-state index is 12.8. The SMILES string of the molecule is CC1C(O)[C@H](O[C@@H]2OC(CO[C@]3(C(=O)O)C[C@@H](O)[C@@H](N)C([C@H](O)C(O)CO)O3)[C@H](O)C(O)[C@@H]2O)[C@H](CO)O[C@H]1O[C@@H]1C(O)[C@H](O)C(CO)O[C@@H]1OCC1O[C@@H](O[C@@H](C)C(CO)O[C@@H](O[C@@H]2C(CO)O[C@@H](C)[C@@H](C)C2O)[C@@H](C)CO)[C@H](O)C(O[C@H]2O[C@H](CO)[C@@H](O)C(O)C2O[C@@H]2OC(CO)[C@@H](O[C@@H]3OC(CO[C@]4(C(=O)O)C[C@@H](O)[C@@H](N)C([C@H](O)C(O)CO)O4)[C@H](O)C(O)[C@@H]3O)C(O)[C@@H]2C)[C@@H]1O. The lowest BCUT2D eigenvalue weighted by Crippen LogP contribution is -2.68. The Morgan fingerprint density at radius 2 is 0.719 bits per heavy atom. The molecule has 57 nitrogen and oxygen atoms in total. The number of carboxylic acids is 2. The van der Waals surface area contributed by atoms with Gasteiger partial charge < -0.3 is 274 Å². The van der Waals surface area contributed by atoms with Crippen molar-refractivity contribution >= 4 is 11.9 Å². The predicted octanol–water partition coefficient (Wildman–Crippen LogP) is -19.8. The molecule has 0 aromatic heterocycles. The van der Waals surface area contributed by atoms with E-state index in [1.165, 1.54) is 27.7 Å². The molecule has 10 heterocycles. The lowest BCUT2D eigenvalue weighted by Gasteiger charge is -2.50. The zero-order chi connectivity index (χ0) is 100. The van der Waals surface area contributed by atoms with E-state index in [1.807, 2.05) is 0 Å². The van der Waals surface area contributed by atoms with Crippen LogP contribution in [-0.4, -0.2) is 573 Å². The highest BCUT2D eigenvalue weighted by molar-refractivity contribution is 5.76. The molecule has 56 atom stereocenters. The topological polar surface area (TPSA) is 927 Å². The number of rotatable bonds is 42. The predicted molar refractivity (Wildman–Crippen MR) is 423 cm³/mol. The van der Waals surface area contributed by atoms with Crippen molar-refractivity contribution in [3.8, 4) is 0 Å². The van der Waals surface area contributed by atoms with E-state index in [2.05, 4.69) is 0 Å². The van der Waals surface area contributed by atoms with Crippen molar-refractivity contribution in [2.75, 3.05) is 79.3 Å². The molecule has 0 radical (unpaired) electrons. The van der Waals surface area contributed by atoms with Gasteiger partial charge in [0.1, 0.15) is 201 Å². The van der Waals surface area contributed by atoms with Gasteiger partial charge in [-0.3, -0.25) is 0 Å². The van der Waals surface area contributed by atoms with Crippen LogP contribution in [0.3, 0.4) is 0 Å². The molecule has 57 heteroatoms. The zero-order valence-corrected chi connectivity index (χ0v) is 73.9. The third-order valence-corrected chi connectivity index (χ3v) is 26.5. The molecular weight excluding hydrogens is 1840 g/mol. The largest absolute Gasteiger partial charge is 0.477 e. The highest BCUT2D eigenvalue weighted by Gasteiger charge is 2.63. The summed E-state index contributed by atoms with van der Waals surface area (Å²) in [7, 11) is 0. The number of carboxylic acid groups (broad SMARTS) is 2. The van der Waals surface area contributed by atoms with Crippen molar-refractivity contribution in [2.45, 2.75) is 373 Å². The molecule has 0 bridgehead atoms. The van der Waals surface area contributed by atoms with Crippen LogP contribution in [0.5, 0.6) is 0 Å². The van der Waals surface area contributed by atoms with Gasteiger partial charge in [-0.2, -0.15) is 0 Å². The molecule has 21 unspecified atom stereocenters. The van der Waals surface area contributed by atoms with Crippen LogP contribution in [0.25, 0.3) is 0 Å². The Morgan fingerprint density at radius 1 is 0.356 bits per heavy atom. The van der Waals surface area contributed by atoms with E-state index in [-0.39, 0.29) is 0 Å². The van der Waals surface area contributed by atoms with Gasteiger partial charge in [-0.1, -0.05) is 27.7 Å². The maximum Gasteiger partial charge on any atom is 0.364 e. The molecule has 10 rings (SSSR count). The van der Waals surface area contributed by atoms with Gasteiger partial charge in [0.15, 0.2) is 50.3 Å². The number of aliphatic hydroxyl groups is 30. The second-order valence-electron chi connectivity index (χ2n) is 35.8. The zero-order valence-electron chi connectivity index (χ0n) is 73.9. The third kappa shape index (κ3) is 24.8. The molecule has 0 aromatic carbocycles. The normalized spacial score (nSPS) is 48.2. The molecular formula is C78H136N2O55. The van der Waals surface area contributed by atoms with Crippen LogP contribution < -0.4 is 11.5 Å². The highest BCUT2D eigenvalue weighted by Crippen LogP contribution is 2.44. The molecule has 36 N–H and O–H groups in total. The molecule has 0 spiro atoms. The fourth-order valence-corrected chi connectivity index (χ4v) is 17.4. The summed E-state index contributed by atoms with van der Waals surface area (Å²) >= 11 is 0. The molecule has 0 aromatic rings. The van der Waals surface area contributed by atoms with Gasteiger partial charge in [-0.05, 0) is 13.8 Å². The third-order valence-electron chi connectivity index (χ3n) is 26.5. The number of hydrogen-bond acceptors (Lipinski definition) is 55. The van der Waals surface area contributed by atoms with Gasteiger partial charge in [0.2, 0.25) is 0 Å². The molecule has 10 fully saturated rings. The number of hydrogen-bond donors (Lipinski definition) is 34. The minimum absolute atomic E-state index is 0.593. The second-order valence-corrected chi connectivity index (χ2v) is 35.8. The first-order valence-corrected chi connectivity index (χ1v) is 44.1. The smallest absolute Gasteiger partial charge is 0.364 e. The Hall–Kier alpha value is -3.18. The van der Waals surface area contributed by atoms with Crippen molar-refractivity contribution in [3.05, 3.63) is 0 Å². The van der Waals surface area contributed by atoms with Crippen LogP contribution in [0.15, 0.2) is 0 Å². The Kier molecular flexibility index (Phi) is 41.4. The van der Waals surface area contributed by atoms with Crippen molar-refractivity contribution in [1.29, 1.82) is 0 Å². The van der Waals surface area contributed by atoms with E-state index < -0.39 is 446 Å². The molecule has 135 heavy (non-hydrogen) atoms. The van der Waals surface area contributed by atoms with Crippen molar-refractivity contribution < 1.29 is 272 Å².